The van der Waals surface area contributed by atoms with Crippen molar-refractivity contribution in [3.63, 3.8) is 0 Å². The van der Waals surface area contributed by atoms with Crippen molar-refractivity contribution in [1.29, 1.82) is 0 Å². The molecule has 0 aromatic heterocycles. The molecule has 0 aliphatic carbocycles. The van der Waals surface area contributed by atoms with E-state index < -0.39 is 11.9 Å². The first-order valence-electron chi connectivity index (χ1n) is 4.08. The summed E-state index contributed by atoms with van der Waals surface area (Å²) in [7, 11) is 2.87. The Labute approximate surface area is 77.5 Å². The van der Waals surface area contributed by atoms with Crippen LogP contribution in [0.5, 0.6) is 0 Å². The van der Waals surface area contributed by atoms with E-state index in [2.05, 4.69) is 4.74 Å². The van der Waals surface area contributed by atoms with Crippen molar-refractivity contribution in [2.24, 2.45) is 0 Å². The van der Waals surface area contributed by atoms with Gasteiger partial charge in [-0.25, -0.2) is 4.79 Å². The monoisotopic (exact) mass is 186 g/mol. The Kier molecular flexibility index (Phi) is 3.06. The molecule has 0 fully saturated rings. The third-order valence-corrected chi connectivity index (χ3v) is 2.03. The average molecular weight is 186 g/mol. The summed E-state index contributed by atoms with van der Waals surface area (Å²) in [5.74, 6) is -0.376. The van der Waals surface area contributed by atoms with Crippen molar-refractivity contribution >= 4 is 5.97 Å². The maximum absolute atomic E-state index is 11.3. The van der Waals surface area contributed by atoms with Gasteiger partial charge in [0.2, 0.25) is 0 Å². The molecule has 4 heteroatoms. The molecule has 2 atom stereocenters. The van der Waals surface area contributed by atoms with Crippen molar-refractivity contribution in [1.82, 2.24) is 0 Å². The third kappa shape index (κ3) is 2.08. The van der Waals surface area contributed by atoms with Gasteiger partial charge < -0.3 is 14.2 Å². The van der Waals surface area contributed by atoms with E-state index in [1.807, 2.05) is 6.08 Å². The molecule has 0 amide bonds. The van der Waals surface area contributed by atoms with Gasteiger partial charge in [0, 0.05) is 13.5 Å². The zero-order valence-electron chi connectivity index (χ0n) is 8.07. The molecule has 0 bridgehead atoms. The molecule has 74 valence electrons. The second kappa shape index (κ2) is 3.89. The second-order valence-corrected chi connectivity index (χ2v) is 3.08. The van der Waals surface area contributed by atoms with Crippen molar-refractivity contribution < 1.29 is 19.0 Å². The van der Waals surface area contributed by atoms with Crippen LogP contribution in [0.3, 0.4) is 0 Å². The highest BCUT2D eigenvalue weighted by molar-refractivity contribution is 5.79. The largest absolute Gasteiger partial charge is 0.467 e. The molecule has 0 N–H and O–H groups in total. The van der Waals surface area contributed by atoms with E-state index in [1.54, 1.807) is 13.0 Å². The Morgan fingerprint density at radius 2 is 2.31 bits per heavy atom. The van der Waals surface area contributed by atoms with Crippen LogP contribution in [0.4, 0.5) is 0 Å². The van der Waals surface area contributed by atoms with Gasteiger partial charge >= 0.3 is 5.97 Å². The van der Waals surface area contributed by atoms with Crippen LogP contribution in [0, 0.1) is 0 Å². The van der Waals surface area contributed by atoms with Crippen LogP contribution in [0.2, 0.25) is 0 Å². The zero-order chi connectivity index (χ0) is 9.90. The summed E-state index contributed by atoms with van der Waals surface area (Å²) in [4.78, 5) is 11.3. The summed E-state index contributed by atoms with van der Waals surface area (Å²) in [6, 6.07) is 0. The van der Waals surface area contributed by atoms with Gasteiger partial charge in [0.05, 0.1) is 7.11 Å². The highest BCUT2D eigenvalue weighted by atomic mass is 16.7. The smallest absolute Gasteiger partial charge is 0.338 e. The number of carbonyl (C=O) groups is 1. The second-order valence-electron chi connectivity index (χ2n) is 3.08. The van der Waals surface area contributed by atoms with Crippen LogP contribution in [0.15, 0.2) is 12.2 Å². The summed E-state index contributed by atoms with van der Waals surface area (Å²) < 4.78 is 15.0. The summed E-state index contributed by atoms with van der Waals surface area (Å²) in [6.45, 7) is 1.69. The van der Waals surface area contributed by atoms with E-state index in [0.29, 0.717) is 6.42 Å². The van der Waals surface area contributed by atoms with Crippen molar-refractivity contribution in [3.8, 4) is 0 Å². The van der Waals surface area contributed by atoms with E-state index in [9.17, 15) is 4.79 Å². The Balaban J connectivity index is 2.71. The lowest BCUT2D eigenvalue weighted by Gasteiger charge is -2.31. The quantitative estimate of drug-likeness (QED) is 0.474. The third-order valence-electron chi connectivity index (χ3n) is 2.03. The molecule has 0 radical (unpaired) electrons. The molecule has 1 heterocycles. The predicted molar refractivity (Wildman–Crippen MR) is 46.1 cm³/mol. The number of hydrogen-bond acceptors (Lipinski definition) is 4. The minimum absolute atomic E-state index is 0.376. The molecule has 0 saturated heterocycles. The van der Waals surface area contributed by atoms with E-state index >= 15 is 0 Å². The van der Waals surface area contributed by atoms with Gasteiger partial charge in [-0.3, -0.25) is 0 Å². The van der Waals surface area contributed by atoms with Crippen molar-refractivity contribution in [2.75, 3.05) is 14.2 Å². The molecular formula is C9H14O4. The zero-order valence-corrected chi connectivity index (χ0v) is 8.07. The summed E-state index contributed by atoms with van der Waals surface area (Å²) in [5, 5.41) is 0. The van der Waals surface area contributed by atoms with E-state index in [1.165, 1.54) is 14.2 Å². The molecule has 1 aliphatic heterocycles. The number of methoxy groups -OCH3 is 2. The van der Waals surface area contributed by atoms with Gasteiger partial charge in [-0.15, -0.1) is 0 Å². The van der Waals surface area contributed by atoms with Gasteiger partial charge in [-0.1, -0.05) is 6.08 Å². The minimum atomic E-state index is -0.913. The normalized spacial score (nSPS) is 33.0. The lowest BCUT2D eigenvalue weighted by atomic mass is 10.00. The predicted octanol–water partition coefficient (Wildman–Crippen LogP) is 0.867. The summed E-state index contributed by atoms with van der Waals surface area (Å²) >= 11 is 0. The molecule has 0 aromatic rings. The summed E-state index contributed by atoms with van der Waals surface area (Å²) in [6.07, 6.45) is 3.68. The van der Waals surface area contributed by atoms with Crippen molar-refractivity contribution in [3.05, 3.63) is 12.2 Å². The first-order valence-corrected chi connectivity index (χ1v) is 4.08. The maximum Gasteiger partial charge on any atom is 0.338 e. The Bertz CT molecular complexity index is 224. The van der Waals surface area contributed by atoms with E-state index in [-0.39, 0.29) is 5.97 Å². The van der Waals surface area contributed by atoms with Gasteiger partial charge in [0.25, 0.3) is 0 Å². The Morgan fingerprint density at radius 1 is 1.62 bits per heavy atom. The molecule has 1 aliphatic rings. The SMILES string of the molecule is COC(=O)[C@@]1(C)CC=C[C@@H](OC)O1. The number of ether oxygens (including phenoxy) is 3. The van der Waals surface area contributed by atoms with E-state index in [4.69, 9.17) is 9.47 Å². The molecule has 1 rings (SSSR count). The lowest BCUT2D eigenvalue weighted by Crippen LogP contribution is -2.44. The number of rotatable bonds is 2. The number of carbonyl (C=O) groups excluding carboxylic acids is 1. The molecule has 0 spiro atoms. The van der Waals surface area contributed by atoms with Crippen LogP contribution >= 0.6 is 0 Å². The topological polar surface area (TPSA) is 44.8 Å². The fourth-order valence-corrected chi connectivity index (χ4v) is 1.22. The Hall–Kier alpha value is -0.870. The molecule has 4 nitrogen and oxygen atoms in total. The van der Waals surface area contributed by atoms with Crippen LogP contribution < -0.4 is 0 Å². The van der Waals surface area contributed by atoms with Crippen LogP contribution in [-0.4, -0.2) is 32.1 Å². The van der Waals surface area contributed by atoms with Gasteiger partial charge in [0.1, 0.15) is 0 Å². The minimum Gasteiger partial charge on any atom is -0.467 e. The molecule has 0 aromatic carbocycles. The highest BCUT2D eigenvalue weighted by Crippen LogP contribution is 2.25. The fraction of sp³-hybridized carbons (Fsp3) is 0.667. The maximum atomic E-state index is 11.3. The van der Waals surface area contributed by atoms with E-state index in [0.717, 1.165) is 0 Å². The summed E-state index contributed by atoms with van der Waals surface area (Å²) in [5.41, 5.74) is -0.913. The highest BCUT2D eigenvalue weighted by Gasteiger charge is 2.38. The van der Waals surface area contributed by atoms with Gasteiger partial charge in [-0.2, -0.15) is 0 Å². The first kappa shape index (κ1) is 10.2. The molecule has 0 saturated carbocycles. The average Bonchev–Trinajstić information content (AvgIpc) is 2.16. The van der Waals surface area contributed by atoms with Crippen molar-refractivity contribution in [2.45, 2.75) is 25.2 Å². The fourth-order valence-electron chi connectivity index (χ4n) is 1.22. The lowest BCUT2D eigenvalue weighted by molar-refractivity contribution is -0.201. The van der Waals surface area contributed by atoms with Crippen LogP contribution in [0.25, 0.3) is 0 Å². The Morgan fingerprint density at radius 3 is 2.85 bits per heavy atom. The molecular weight excluding hydrogens is 172 g/mol. The first-order chi connectivity index (χ1) is 6.12. The number of hydrogen-bond donors (Lipinski definition) is 0. The number of esters is 1. The van der Waals surface area contributed by atoms with Crippen LogP contribution in [0.1, 0.15) is 13.3 Å². The van der Waals surface area contributed by atoms with Gasteiger partial charge in [-0.05, 0) is 13.0 Å². The molecule has 0 unspecified atom stereocenters. The standard InChI is InChI=1S/C9H14O4/c1-9(8(10)12-3)6-4-5-7(11-2)13-9/h4-5,7H,6H2,1-3H3/t7-,9+/m0/s1. The van der Waals surface area contributed by atoms with Crippen LogP contribution in [-0.2, 0) is 19.0 Å². The molecule has 13 heavy (non-hydrogen) atoms. The van der Waals surface area contributed by atoms with Gasteiger partial charge in [0.15, 0.2) is 11.9 Å².